The summed E-state index contributed by atoms with van der Waals surface area (Å²) in [6.07, 6.45) is 1.01. The molecule has 1 rings (SSSR count). The summed E-state index contributed by atoms with van der Waals surface area (Å²) in [4.78, 5) is 0. The van der Waals surface area contributed by atoms with Crippen LogP contribution in [0, 0.1) is 0 Å². The molecule has 1 aromatic rings. The van der Waals surface area contributed by atoms with Gasteiger partial charge >= 0.3 is 0 Å². The quantitative estimate of drug-likeness (QED) is 0.651. The summed E-state index contributed by atoms with van der Waals surface area (Å²) in [5.74, 6) is 0.632. The molecule has 3 N–H and O–H groups in total. The predicted octanol–water partition coefficient (Wildman–Crippen LogP) is -0.321. The summed E-state index contributed by atoms with van der Waals surface area (Å²) in [6.45, 7) is 4.38. The molecular formula is C7H14N4O. The van der Waals surface area contributed by atoms with Crippen molar-refractivity contribution in [3.05, 3.63) is 12.2 Å². The van der Waals surface area contributed by atoms with Crippen molar-refractivity contribution in [2.75, 3.05) is 0 Å². The Balaban J connectivity index is 2.86. The first-order valence-corrected chi connectivity index (χ1v) is 3.98. The van der Waals surface area contributed by atoms with Crippen LogP contribution in [-0.4, -0.2) is 26.0 Å². The number of aliphatic hydroxyl groups is 1. The molecule has 0 aliphatic carbocycles. The summed E-state index contributed by atoms with van der Waals surface area (Å²) in [7, 11) is 0. The zero-order valence-electron chi connectivity index (χ0n) is 7.31. The fourth-order valence-corrected chi connectivity index (χ4v) is 0.981. The van der Waals surface area contributed by atoms with Crippen LogP contribution in [0.3, 0.4) is 0 Å². The first-order chi connectivity index (χ1) is 5.66. The highest BCUT2D eigenvalue weighted by Crippen LogP contribution is 2.10. The standard InChI is InChI=1S/C7H14N4O/c1-3-11-4-9-10-7(11)6(8)5(2)12/h4-6,12H,3,8H2,1-2H3. The number of aromatic nitrogens is 3. The molecule has 0 amide bonds. The van der Waals surface area contributed by atoms with Gasteiger partial charge in [0.25, 0.3) is 0 Å². The lowest BCUT2D eigenvalue weighted by Gasteiger charge is -2.13. The number of nitrogens with zero attached hydrogens (tertiary/aromatic N) is 3. The van der Waals surface area contributed by atoms with E-state index in [4.69, 9.17) is 5.73 Å². The minimum atomic E-state index is -0.598. The summed E-state index contributed by atoms with van der Waals surface area (Å²) in [5.41, 5.74) is 5.69. The van der Waals surface area contributed by atoms with E-state index in [1.807, 2.05) is 11.5 Å². The Morgan fingerprint density at radius 2 is 2.42 bits per heavy atom. The predicted molar refractivity (Wildman–Crippen MR) is 44.3 cm³/mol. The van der Waals surface area contributed by atoms with Crippen LogP contribution >= 0.6 is 0 Å². The SMILES string of the molecule is CCn1cnnc1C(N)C(C)O. The van der Waals surface area contributed by atoms with Gasteiger partial charge in [0.15, 0.2) is 5.82 Å². The lowest BCUT2D eigenvalue weighted by molar-refractivity contribution is 0.158. The van der Waals surface area contributed by atoms with Gasteiger partial charge in [-0.15, -0.1) is 10.2 Å². The van der Waals surface area contributed by atoms with Crippen LogP contribution in [0.15, 0.2) is 6.33 Å². The van der Waals surface area contributed by atoms with Crippen molar-refractivity contribution in [3.8, 4) is 0 Å². The minimum Gasteiger partial charge on any atom is -0.391 e. The lowest BCUT2D eigenvalue weighted by atomic mass is 10.2. The third-order valence-electron chi connectivity index (χ3n) is 1.80. The van der Waals surface area contributed by atoms with E-state index in [1.54, 1.807) is 13.3 Å². The maximum absolute atomic E-state index is 9.21. The smallest absolute Gasteiger partial charge is 0.152 e. The van der Waals surface area contributed by atoms with Gasteiger partial charge in [-0.25, -0.2) is 0 Å². The van der Waals surface area contributed by atoms with Crippen LogP contribution < -0.4 is 5.73 Å². The second kappa shape index (κ2) is 3.64. The Bertz CT molecular complexity index is 245. The molecule has 0 bridgehead atoms. The van der Waals surface area contributed by atoms with E-state index < -0.39 is 12.1 Å². The van der Waals surface area contributed by atoms with E-state index in [0.29, 0.717) is 5.82 Å². The summed E-state index contributed by atoms with van der Waals surface area (Å²) in [5, 5.41) is 16.8. The van der Waals surface area contributed by atoms with E-state index in [-0.39, 0.29) is 0 Å². The average Bonchev–Trinajstić information content (AvgIpc) is 2.49. The van der Waals surface area contributed by atoms with E-state index >= 15 is 0 Å². The Hall–Kier alpha value is -0.940. The van der Waals surface area contributed by atoms with Crippen molar-refractivity contribution in [2.24, 2.45) is 5.73 Å². The Kier molecular flexibility index (Phi) is 2.78. The topological polar surface area (TPSA) is 77.0 Å². The third kappa shape index (κ3) is 1.62. The molecule has 5 heteroatoms. The van der Waals surface area contributed by atoms with Crippen LogP contribution in [0.1, 0.15) is 25.7 Å². The second-order valence-electron chi connectivity index (χ2n) is 2.74. The summed E-state index contributed by atoms with van der Waals surface area (Å²) < 4.78 is 1.82. The Morgan fingerprint density at radius 3 is 2.92 bits per heavy atom. The van der Waals surface area contributed by atoms with E-state index in [0.717, 1.165) is 6.54 Å². The van der Waals surface area contributed by atoms with Crippen molar-refractivity contribution < 1.29 is 5.11 Å². The number of aliphatic hydroxyl groups excluding tert-OH is 1. The highest BCUT2D eigenvalue weighted by molar-refractivity contribution is 4.95. The number of aryl methyl sites for hydroxylation is 1. The van der Waals surface area contributed by atoms with Gasteiger partial charge in [0.1, 0.15) is 6.33 Å². The molecular weight excluding hydrogens is 156 g/mol. The first-order valence-electron chi connectivity index (χ1n) is 3.98. The lowest BCUT2D eigenvalue weighted by Crippen LogP contribution is -2.26. The second-order valence-corrected chi connectivity index (χ2v) is 2.74. The molecule has 2 unspecified atom stereocenters. The number of rotatable bonds is 3. The summed E-state index contributed by atoms with van der Waals surface area (Å²) in [6, 6.07) is -0.451. The molecule has 1 aromatic heterocycles. The van der Waals surface area contributed by atoms with Crippen molar-refractivity contribution in [3.63, 3.8) is 0 Å². The molecule has 0 saturated carbocycles. The van der Waals surface area contributed by atoms with Gasteiger partial charge in [0, 0.05) is 6.54 Å². The van der Waals surface area contributed by atoms with Crippen molar-refractivity contribution >= 4 is 0 Å². The van der Waals surface area contributed by atoms with Crippen LogP contribution in [0.4, 0.5) is 0 Å². The fourth-order valence-electron chi connectivity index (χ4n) is 0.981. The maximum Gasteiger partial charge on any atom is 0.152 e. The van der Waals surface area contributed by atoms with Crippen molar-refractivity contribution in [1.29, 1.82) is 0 Å². The number of nitrogens with two attached hydrogens (primary N) is 1. The molecule has 0 radical (unpaired) electrons. The van der Waals surface area contributed by atoms with Gasteiger partial charge in [0.05, 0.1) is 12.1 Å². The van der Waals surface area contributed by atoms with Gasteiger partial charge < -0.3 is 15.4 Å². The fraction of sp³-hybridized carbons (Fsp3) is 0.714. The Labute approximate surface area is 71.2 Å². The number of hydrogen-bond acceptors (Lipinski definition) is 4. The molecule has 0 aromatic carbocycles. The molecule has 1 heterocycles. The van der Waals surface area contributed by atoms with Gasteiger partial charge in [0.2, 0.25) is 0 Å². The van der Waals surface area contributed by atoms with E-state index in [2.05, 4.69) is 10.2 Å². The van der Waals surface area contributed by atoms with Gasteiger partial charge in [-0.1, -0.05) is 0 Å². The Morgan fingerprint density at radius 1 is 1.75 bits per heavy atom. The molecule has 5 nitrogen and oxygen atoms in total. The molecule has 68 valence electrons. The summed E-state index contributed by atoms with van der Waals surface area (Å²) >= 11 is 0. The largest absolute Gasteiger partial charge is 0.391 e. The van der Waals surface area contributed by atoms with Crippen LogP contribution in [0.5, 0.6) is 0 Å². The third-order valence-corrected chi connectivity index (χ3v) is 1.80. The molecule has 0 aliphatic rings. The molecule has 0 saturated heterocycles. The zero-order valence-corrected chi connectivity index (χ0v) is 7.31. The molecule has 12 heavy (non-hydrogen) atoms. The van der Waals surface area contributed by atoms with Crippen LogP contribution in [-0.2, 0) is 6.54 Å². The van der Waals surface area contributed by atoms with Crippen molar-refractivity contribution in [1.82, 2.24) is 14.8 Å². The molecule has 2 atom stereocenters. The average molecular weight is 170 g/mol. The first kappa shape index (κ1) is 9.15. The van der Waals surface area contributed by atoms with Gasteiger partial charge in [-0.05, 0) is 13.8 Å². The van der Waals surface area contributed by atoms with E-state index in [1.165, 1.54) is 0 Å². The van der Waals surface area contributed by atoms with Gasteiger partial charge in [-0.3, -0.25) is 0 Å². The normalized spacial score (nSPS) is 16.0. The van der Waals surface area contributed by atoms with Crippen molar-refractivity contribution in [2.45, 2.75) is 32.5 Å². The van der Waals surface area contributed by atoms with Crippen LogP contribution in [0.2, 0.25) is 0 Å². The minimum absolute atomic E-state index is 0.451. The highest BCUT2D eigenvalue weighted by atomic mass is 16.3. The van der Waals surface area contributed by atoms with Gasteiger partial charge in [-0.2, -0.15) is 0 Å². The molecule has 0 aliphatic heterocycles. The molecule has 0 fully saturated rings. The monoisotopic (exact) mass is 170 g/mol. The highest BCUT2D eigenvalue weighted by Gasteiger charge is 2.17. The van der Waals surface area contributed by atoms with E-state index in [9.17, 15) is 5.11 Å². The molecule has 0 spiro atoms. The number of hydrogen-bond donors (Lipinski definition) is 2. The van der Waals surface area contributed by atoms with Crippen LogP contribution in [0.25, 0.3) is 0 Å². The zero-order chi connectivity index (χ0) is 9.14. The maximum atomic E-state index is 9.21.